The third-order valence-electron chi connectivity index (χ3n) is 9.30. The van der Waals surface area contributed by atoms with Gasteiger partial charge in [0, 0.05) is 5.39 Å². The van der Waals surface area contributed by atoms with Crippen LogP contribution in [0.5, 0.6) is 23.0 Å². The molecule has 0 aliphatic heterocycles. The summed E-state index contributed by atoms with van der Waals surface area (Å²) in [7, 11) is 6.66. The SMILES string of the molecule is COc1ccc(-c2c(-c3ccc(OC)c(C)c3)c(-c3ccc(OC)c(C)c3)c3c(C(=O)O)cccc3c2-c2ccc(OC)c(C)c2)cc1C. The number of benzene rings is 6. The molecule has 0 aromatic heterocycles. The topological polar surface area (TPSA) is 74.2 Å². The van der Waals surface area contributed by atoms with E-state index in [1.54, 1.807) is 34.5 Å². The number of carboxylic acids is 1. The average molecular weight is 653 g/mol. The van der Waals surface area contributed by atoms with E-state index in [0.717, 1.165) is 95.1 Å². The summed E-state index contributed by atoms with van der Waals surface area (Å²) in [6, 6.07) is 30.1. The molecule has 0 amide bonds. The van der Waals surface area contributed by atoms with Crippen LogP contribution in [0.1, 0.15) is 32.6 Å². The number of ether oxygens (including phenoxy) is 4. The van der Waals surface area contributed by atoms with Gasteiger partial charge in [-0.2, -0.15) is 0 Å². The van der Waals surface area contributed by atoms with E-state index in [9.17, 15) is 9.90 Å². The van der Waals surface area contributed by atoms with Gasteiger partial charge in [0.2, 0.25) is 0 Å². The number of carboxylic acid groups (broad SMARTS) is 1. The summed E-state index contributed by atoms with van der Waals surface area (Å²) in [5.74, 6) is 2.08. The predicted molar refractivity (Wildman–Crippen MR) is 198 cm³/mol. The minimum absolute atomic E-state index is 0.219. The molecule has 6 aromatic rings. The summed E-state index contributed by atoms with van der Waals surface area (Å²) in [4.78, 5) is 13.1. The van der Waals surface area contributed by atoms with E-state index < -0.39 is 5.97 Å². The Labute approximate surface area is 287 Å². The number of aromatic carboxylic acids is 1. The zero-order valence-corrected chi connectivity index (χ0v) is 29.1. The Morgan fingerprint density at radius 1 is 0.469 bits per heavy atom. The van der Waals surface area contributed by atoms with E-state index in [-0.39, 0.29) is 5.56 Å². The molecule has 0 saturated heterocycles. The summed E-state index contributed by atoms with van der Waals surface area (Å²) < 4.78 is 22.7. The molecule has 6 rings (SSSR count). The first-order valence-electron chi connectivity index (χ1n) is 16.1. The van der Waals surface area contributed by atoms with Crippen molar-refractivity contribution in [2.45, 2.75) is 27.7 Å². The second-order valence-corrected chi connectivity index (χ2v) is 12.3. The van der Waals surface area contributed by atoms with E-state index in [2.05, 4.69) is 36.4 Å². The quantitative estimate of drug-likeness (QED) is 0.168. The van der Waals surface area contributed by atoms with Crippen molar-refractivity contribution in [3.05, 3.63) is 119 Å². The lowest BCUT2D eigenvalue weighted by Gasteiger charge is -2.26. The van der Waals surface area contributed by atoms with Crippen molar-refractivity contribution in [2.24, 2.45) is 0 Å². The van der Waals surface area contributed by atoms with Gasteiger partial charge in [-0.15, -0.1) is 0 Å². The Hall–Kier alpha value is -5.75. The van der Waals surface area contributed by atoms with Gasteiger partial charge in [0.05, 0.1) is 34.0 Å². The Morgan fingerprint density at radius 2 is 0.816 bits per heavy atom. The van der Waals surface area contributed by atoms with Crippen molar-refractivity contribution >= 4 is 16.7 Å². The van der Waals surface area contributed by atoms with Crippen LogP contribution in [0.25, 0.3) is 55.3 Å². The van der Waals surface area contributed by atoms with E-state index >= 15 is 0 Å². The summed E-state index contributed by atoms with van der Waals surface area (Å²) in [6.07, 6.45) is 0. The fraction of sp³-hybridized carbons (Fsp3) is 0.186. The van der Waals surface area contributed by atoms with Crippen molar-refractivity contribution in [1.82, 2.24) is 0 Å². The minimum atomic E-state index is -1.00. The van der Waals surface area contributed by atoms with E-state index in [1.165, 1.54) is 0 Å². The molecular weight excluding hydrogens is 612 g/mol. The Bertz CT molecular complexity index is 2250. The van der Waals surface area contributed by atoms with Crippen LogP contribution in [0, 0.1) is 27.7 Å². The van der Waals surface area contributed by atoms with Crippen molar-refractivity contribution in [3.63, 3.8) is 0 Å². The second-order valence-electron chi connectivity index (χ2n) is 12.3. The number of carbonyl (C=O) groups is 1. The van der Waals surface area contributed by atoms with Crippen LogP contribution in [0.15, 0.2) is 91.0 Å². The van der Waals surface area contributed by atoms with Crippen LogP contribution < -0.4 is 18.9 Å². The van der Waals surface area contributed by atoms with Crippen molar-refractivity contribution < 1.29 is 28.8 Å². The smallest absolute Gasteiger partial charge is 0.336 e. The lowest BCUT2D eigenvalue weighted by Crippen LogP contribution is -2.04. The van der Waals surface area contributed by atoms with E-state index in [0.29, 0.717) is 5.39 Å². The minimum Gasteiger partial charge on any atom is -0.496 e. The van der Waals surface area contributed by atoms with Gasteiger partial charge >= 0.3 is 5.97 Å². The molecule has 1 N–H and O–H groups in total. The largest absolute Gasteiger partial charge is 0.496 e. The molecule has 0 aliphatic carbocycles. The average Bonchev–Trinajstić information content (AvgIpc) is 3.10. The molecule has 6 nitrogen and oxygen atoms in total. The molecular formula is C43H40O6. The zero-order valence-electron chi connectivity index (χ0n) is 29.1. The van der Waals surface area contributed by atoms with Crippen molar-refractivity contribution in [2.75, 3.05) is 28.4 Å². The third-order valence-corrected chi connectivity index (χ3v) is 9.30. The van der Waals surface area contributed by atoms with Gasteiger partial charge in [-0.1, -0.05) is 36.4 Å². The number of hydrogen-bond donors (Lipinski definition) is 1. The summed E-state index contributed by atoms with van der Waals surface area (Å²) in [6.45, 7) is 8.08. The number of methoxy groups -OCH3 is 4. The van der Waals surface area contributed by atoms with Crippen LogP contribution in [0.2, 0.25) is 0 Å². The monoisotopic (exact) mass is 652 g/mol. The number of rotatable bonds is 9. The maximum Gasteiger partial charge on any atom is 0.336 e. The van der Waals surface area contributed by atoms with Crippen LogP contribution in [0.4, 0.5) is 0 Å². The van der Waals surface area contributed by atoms with Crippen LogP contribution in [0.3, 0.4) is 0 Å². The van der Waals surface area contributed by atoms with Gasteiger partial charge in [-0.25, -0.2) is 4.79 Å². The molecule has 6 aromatic carbocycles. The molecule has 248 valence electrons. The van der Waals surface area contributed by atoms with Gasteiger partial charge in [-0.05, 0) is 154 Å². The lowest BCUT2D eigenvalue weighted by atomic mass is 9.77. The van der Waals surface area contributed by atoms with Gasteiger partial charge in [-0.3, -0.25) is 0 Å². The Kier molecular flexibility index (Phi) is 9.07. The van der Waals surface area contributed by atoms with Gasteiger partial charge < -0.3 is 24.1 Å². The molecule has 0 spiro atoms. The first kappa shape index (κ1) is 33.2. The Morgan fingerprint density at radius 3 is 1.16 bits per heavy atom. The van der Waals surface area contributed by atoms with Crippen molar-refractivity contribution in [3.8, 4) is 67.5 Å². The number of hydrogen-bond acceptors (Lipinski definition) is 5. The van der Waals surface area contributed by atoms with Crippen LogP contribution >= 0.6 is 0 Å². The highest BCUT2D eigenvalue weighted by molar-refractivity contribution is 6.22. The van der Waals surface area contributed by atoms with Gasteiger partial charge in [0.25, 0.3) is 0 Å². The fourth-order valence-electron chi connectivity index (χ4n) is 7.02. The molecule has 0 unspecified atom stereocenters. The molecule has 0 aliphatic rings. The summed E-state index contributed by atoms with van der Waals surface area (Å²) >= 11 is 0. The molecule has 0 bridgehead atoms. The first-order valence-corrected chi connectivity index (χ1v) is 16.1. The van der Waals surface area contributed by atoms with Crippen LogP contribution in [-0.2, 0) is 0 Å². The zero-order chi connectivity index (χ0) is 35.0. The number of aryl methyl sites for hydroxylation is 4. The van der Waals surface area contributed by atoms with Crippen molar-refractivity contribution in [1.29, 1.82) is 0 Å². The predicted octanol–water partition coefficient (Wildman–Crippen LogP) is 10.5. The molecule has 0 atom stereocenters. The number of fused-ring (bicyclic) bond motifs is 1. The molecule has 49 heavy (non-hydrogen) atoms. The highest BCUT2D eigenvalue weighted by atomic mass is 16.5. The summed E-state index contributed by atoms with van der Waals surface area (Å²) in [5, 5.41) is 12.2. The molecule has 0 fully saturated rings. The standard InChI is InChI=1S/C43H40O6/c1-24-20-28(12-16-34(24)46-5)38-32-10-9-11-33(43(44)45)42(32)41(31-15-19-37(49-8)27(4)23-31)40(30-14-18-36(48-7)26(3)22-30)39(38)29-13-17-35(47-6)25(2)21-29/h9-23H,1-8H3,(H,44,45). The van der Waals surface area contributed by atoms with Crippen LogP contribution in [-0.4, -0.2) is 39.5 Å². The fourth-order valence-corrected chi connectivity index (χ4v) is 7.02. The van der Waals surface area contributed by atoms with E-state index in [4.69, 9.17) is 18.9 Å². The maximum atomic E-state index is 13.1. The maximum absolute atomic E-state index is 13.1. The highest BCUT2D eigenvalue weighted by Crippen LogP contribution is 2.53. The van der Waals surface area contributed by atoms with E-state index in [1.807, 2.05) is 76.2 Å². The second kappa shape index (κ2) is 13.4. The lowest BCUT2D eigenvalue weighted by molar-refractivity contribution is 0.0699. The van der Waals surface area contributed by atoms with Gasteiger partial charge in [0.1, 0.15) is 23.0 Å². The molecule has 0 heterocycles. The molecule has 0 radical (unpaired) electrons. The third kappa shape index (κ3) is 5.84. The molecule has 0 saturated carbocycles. The first-order chi connectivity index (χ1) is 23.6. The summed E-state index contributed by atoms with van der Waals surface area (Å²) in [5.41, 5.74) is 11.4. The highest BCUT2D eigenvalue weighted by Gasteiger charge is 2.28. The molecule has 6 heteroatoms. The Balaban J connectivity index is 1.95. The van der Waals surface area contributed by atoms with Gasteiger partial charge in [0.15, 0.2) is 0 Å². The normalized spacial score (nSPS) is 11.0.